The number of carbonyl (C=O) groups excluding carboxylic acids is 2. The zero-order valence-corrected chi connectivity index (χ0v) is 19.1. The van der Waals surface area contributed by atoms with Crippen molar-refractivity contribution >= 4 is 24.1 Å². The number of ether oxygens (including phenoxy) is 1. The Morgan fingerprint density at radius 2 is 1.66 bits per heavy atom. The van der Waals surface area contributed by atoms with Gasteiger partial charge in [0, 0.05) is 12.3 Å². The van der Waals surface area contributed by atoms with Crippen molar-refractivity contribution in [3.8, 4) is 0 Å². The fourth-order valence-corrected chi connectivity index (χ4v) is 4.62. The van der Waals surface area contributed by atoms with E-state index in [2.05, 4.69) is 18.3 Å². The van der Waals surface area contributed by atoms with Gasteiger partial charge in [0.2, 0.25) is 6.41 Å². The Labute approximate surface area is 181 Å². The van der Waals surface area contributed by atoms with E-state index in [4.69, 9.17) is 4.74 Å². The maximum absolute atomic E-state index is 12.3. The normalized spacial score (nSPS) is 11.8. The summed E-state index contributed by atoms with van der Waals surface area (Å²) in [4.78, 5) is 22.8. The summed E-state index contributed by atoms with van der Waals surface area (Å²) < 4.78 is 5.03. The first-order valence-electron chi connectivity index (χ1n) is 11.2. The summed E-state index contributed by atoms with van der Waals surface area (Å²) in [6, 6.07) is 8.19. The molecular weight excluding hydrogens is 382 g/mol. The molecule has 0 saturated heterocycles. The van der Waals surface area contributed by atoms with Crippen LogP contribution in [0.1, 0.15) is 87.5 Å². The lowest BCUT2D eigenvalue weighted by molar-refractivity contribution is -0.140. The largest absolute Gasteiger partial charge is 0.468 e. The monoisotopic (exact) mass is 421 g/mol. The average Bonchev–Trinajstić information content (AvgIpc) is 2.75. The van der Waals surface area contributed by atoms with Gasteiger partial charge < -0.3 is 10.1 Å². The van der Waals surface area contributed by atoms with Gasteiger partial charge >= 0.3 is 5.97 Å². The molecule has 0 heterocycles. The number of aryl methyl sites for hydroxylation is 1. The smallest absolute Gasteiger partial charge is 0.323 e. The first kappa shape index (κ1) is 25.5. The van der Waals surface area contributed by atoms with Crippen LogP contribution < -0.4 is 5.32 Å². The Hall–Kier alpha value is -1.49. The molecule has 5 heteroatoms. The molecule has 0 aliphatic carbocycles. The van der Waals surface area contributed by atoms with Crippen LogP contribution in [0.3, 0.4) is 0 Å². The van der Waals surface area contributed by atoms with Gasteiger partial charge in [0.25, 0.3) is 0 Å². The molecule has 1 rings (SSSR count). The van der Waals surface area contributed by atoms with E-state index in [1.54, 1.807) is 0 Å². The second-order valence-corrected chi connectivity index (χ2v) is 8.69. The molecule has 29 heavy (non-hydrogen) atoms. The van der Waals surface area contributed by atoms with Crippen molar-refractivity contribution < 1.29 is 14.3 Å². The van der Waals surface area contributed by atoms with Crippen molar-refractivity contribution in [1.82, 2.24) is 5.32 Å². The van der Waals surface area contributed by atoms with Crippen molar-refractivity contribution in [2.75, 3.05) is 19.4 Å². The van der Waals surface area contributed by atoms with Crippen LogP contribution in [-0.2, 0) is 20.7 Å². The lowest BCUT2D eigenvalue weighted by Crippen LogP contribution is -2.18. The summed E-state index contributed by atoms with van der Waals surface area (Å²) in [6.45, 7) is 2.80. The lowest BCUT2D eigenvalue weighted by Gasteiger charge is -2.18. The number of rotatable bonds is 18. The van der Waals surface area contributed by atoms with Gasteiger partial charge in [-0.15, -0.1) is 11.8 Å². The van der Waals surface area contributed by atoms with Crippen molar-refractivity contribution in [2.24, 2.45) is 0 Å². The minimum Gasteiger partial charge on any atom is -0.468 e. The van der Waals surface area contributed by atoms with E-state index >= 15 is 0 Å². The number of nitrogens with one attached hydrogen (secondary N) is 1. The number of methoxy groups -OCH3 is 1. The van der Waals surface area contributed by atoms with Gasteiger partial charge in [-0.25, -0.2) is 0 Å². The van der Waals surface area contributed by atoms with Gasteiger partial charge in [-0.2, -0.15) is 0 Å². The van der Waals surface area contributed by atoms with E-state index in [9.17, 15) is 9.59 Å². The Kier molecular flexibility index (Phi) is 15.3. The number of thioether (sulfide) groups is 1. The van der Waals surface area contributed by atoms with Gasteiger partial charge in [-0.1, -0.05) is 89.0 Å². The fraction of sp³-hybridized carbons (Fsp3) is 0.667. The third-order valence-corrected chi connectivity index (χ3v) is 6.39. The van der Waals surface area contributed by atoms with E-state index in [0.717, 1.165) is 18.4 Å². The van der Waals surface area contributed by atoms with E-state index < -0.39 is 0 Å². The first-order chi connectivity index (χ1) is 14.2. The van der Waals surface area contributed by atoms with Crippen LogP contribution in [0.15, 0.2) is 24.3 Å². The zero-order chi connectivity index (χ0) is 21.2. The number of hydrogen-bond acceptors (Lipinski definition) is 4. The quantitative estimate of drug-likeness (QED) is 0.184. The summed E-state index contributed by atoms with van der Waals surface area (Å²) in [5, 5.41) is 2.31. The Morgan fingerprint density at radius 3 is 2.28 bits per heavy atom. The molecule has 0 saturated carbocycles. The molecule has 1 aromatic carbocycles. The predicted octanol–water partition coefficient (Wildman–Crippen LogP) is 5.84. The summed E-state index contributed by atoms with van der Waals surface area (Å²) >= 11 is 1.52. The van der Waals surface area contributed by atoms with Crippen molar-refractivity contribution in [1.29, 1.82) is 0 Å². The molecule has 4 nitrogen and oxygen atoms in total. The highest BCUT2D eigenvalue weighted by atomic mass is 32.2. The van der Waals surface area contributed by atoms with Gasteiger partial charge in [-0.05, 0) is 24.0 Å². The molecule has 0 radical (unpaired) electrons. The van der Waals surface area contributed by atoms with Gasteiger partial charge in [0.05, 0.1) is 7.11 Å². The third-order valence-electron chi connectivity index (χ3n) is 5.17. The predicted molar refractivity (Wildman–Crippen MR) is 123 cm³/mol. The highest BCUT2D eigenvalue weighted by Crippen LogP contribution is 2.33. The second-order valence-electron chi connectivity index (χ2n) is 7.48. The van der Waals surface area contributed by atoms with Crippen molar-refractivity contribution in [2.45, 2.75) is 82.8 Å². The Balaban J connectivity index is 2.43. The summed E-state index contributed by atoms with van der Waals surface area (Å²) in [7, 11) is 1.43. The zero-order valence-electron chi connectivity index (χ0n) is 18.3. The minimum atomic E-state index is -0.340. The number of benzene rings is 1. The highest BCUT2D eigenvalue weighted by molar-refractivity contribution is 8.00. The Morgan fingerprint density at radius 1 is 1.03 bits per heavy atom. The van der Waals surface area contributed by atoms with E-state index in [1.807, 2.05) is 18.2 Å². The maximum atomic E-state index is 12.3. The molecule has 0 spiro atoms. The average molecular weight is 422 g/mol. The molecule has 1 aromatic rings. The lowest BCUT2D eigenvalue weighted by atomic mass is 9.98. The molecule has 1 amide bonds. The van der Waals surface area contributed by atoms with Crippen molar-refractivity contribution in [3.63, 3.8) is 0 Å². The number of esters is 1. The summed E-state index contributed by atoms with van der Waals surface area (Å²) in [5.74, 6) is 0.446. The highest BCUT2D eigenvalue weighted by Gasteiger charge is 2.24. The van der Waals surface area contributed by atoms with Crippen LogP contribution in [-0.4, -0.2) is 31.8 Å². The van der Waals surface area contributed by atoms with Crippen LogP contribution in [0, 0.1) is 0 Å². The standard InChI is InChI=1S/C24H39NO3S/c1-3-4-5-6-7-8-9-10-11-12-15-21-16-13-14-17-22(21)23(24(27)28-2)29-19-18-25-20-26/h13-14,16-17,20,23H,3-12,15,18-19H2,1-2H3,(H,25,26). The number of amides is 1. The van der Waals surface area contributed by atoms with Gasteiger partial charge in [-0.3, -0.25) is 9.59 Å². The fourth-order valence-electron chi connectivity index (χ4n) is 3.51. The maximum Gasteiger partial charge on any atom is 0.323 e. The van der Waals surface area contributed by atoms with Crippen LogP contribution >= 0.6 is 11.8 Å². The van der Waals surface area contributed by atoms with Crippen LogP contribution in [0.2, 0.25) is 0 Å². The summed E-state index contributed by atoms with van der Waals surface area (Å²) in [6.07, 6.45) is 14.9. The Bertz CT molecular complexity index is 565. The molecule has 0 aliphatic rings. The molecule has 0 aliphatic heterocycles. The third kappa shape index (κ3) is 11.3. The topological polar surface area (TPSA) is 55.4 Å². The molecule has 0 bridgehead atoms. The summed E-state index contributed by atoms with van der Waals surface area (Å²) in [5.41, 5.74) is 2.28. The number of carbonyl (C=O) groups is 2. The molecule has 1 unspecified atom stereocenters. The molecule has 164 valence electrons. The first-order valence-corrected chi connectivity index (χ1v) is 12.2. The molecule has 0 fully saturated rings. The van der Waals surface area contributed by atoms with Gasteiger partial charge in [0.15, 0.2) is 0 Å². The SMILES string of the molecule is CCCCCCCCCCCCc1ccccc1C(SCCNC=O)C(=O)OC. The van der Waals surface area contributed by atoms with Crippen LogP contribution in [0.5, 0.6) is 0 Å². The molecule has 1 atom stereocenters. The number of unbranched alkanes of at least 4 members (excludes halogenated alkanes) is 9. The number of hydrogen-bond donors (Lipinski definition) is 1. The second kappa shape index (κ2) is 17.4. The molecule has 1 N–H and O–H groups in total. The van der Waals surface area contributed by atoms with Gasteiger partial charge in [0.1, 0.15) is 5.25 Å². The van der Waals surface area contributed by atoms with Crippen LogP contribution in [0.25, 0.3) is 0 Å². The molecule has 0 aromatic heterocycles. The van der Waals surface area contributed by atoms with E-state index in [1.165, 1.54) is 82.2 Å². The molecular formula is C24H39NO3S. The van der Waals surface area contributed by atoms with Crippen molar-refractivity contribution in [3.05, 3.63) is 35.4 Å². The van der Waals surface area contributed by atoms with Crippen LogP contribution in [0.4, 0.5) is 0 Å². The van der Waals surface area contributed by atoms with E-state index in [0.29, 0.717) is 18.7 Å². The van der Waals surface area contributed by atoms with E-state index in [-0.39, 0.29) is 11.2 Å². The minimum absolute atomic E-state index is 0.225.